The Labute approximate surface area is 251 Å². The first kappa shape index (κ1) is 27.5. The number of rotatable bonds is 9. The molecule has 0 N–H and O–H groups in total. The summed E-state index contributed by atoms with van der Waals surface area (Å²) in [7, 11) is 1.38. The molecule has 3 aromatic heterocycles. The predicted molar refractivity (Wildman–Crippen MR) is 155 cm³/mol. The molecule has 0 saturated carbocycles. The van der Waals surface area contributed by atoms with Gasteiger partial charge in [0.15, 0.2) is 5.82 Å². The van der Waals surface area contributed by atoms with Gasteiger partial charge in [-0.25, -0.2) is 18.9 Å². The number of benzene rings is 2. The Balaban J connectivity index is 1.06. The molecular weight excluding hydrogens is 575 g/mol. The highest BCUT2D eigenvalue weighted by atomic mass is 35.5. The fraction of sp³-hybridized carbons (Fsp3) is 0.290. The van der Waals surface area contributed by atoms with Crippen molar-refractivity contribution in [1.82, 2.24) is 29.2 Å². The van der Waals surface area contributed by atoms with E-state index in [1.165, 1.54) is 13.2 Å². The highest BCUT2D eigenvalue weighted by Gasteiger charge is 2.27. The molecule has 2 aromatic carbocycles. The van der Waals surface area contributed by atoms with Crippen LogP contribution in [0, 0.1) is 5.82 Å². The summed E-state index contributed by atoms with van der Waals surface area (Å²) in [5.41, 5.74) is 4.68. The van der Waals surface area contributed by atoms with Crippen LogP contribution >= 0.6 is 11.6 Å². The normalized spacial score (nSPS) is 16.3. The van der Waals surface area contributed by atoms with Gasteiger partial charge in [-0.1, -0.05) is 23.7 Å². The van der Waals surface area contributed by atoms with E-state index in [2.05, 4.69) is 14.5 Å². The average Bonchev–Trinajstić information content (AvgIpc) is 3.65. The molecular formula is C31H28ClFN6O4. The number of halogens is 2. The average molecular weight is 603 g/mol. The van der Waals surface area contributed by atoms with Crippen LogP contribution in [0.3, 0.4) is 0 Å². The number of aromatic nitrogens is 5. The molecule has 10 nitrogen and oxygen atoms in total. The Hall–Kier alpha value is -4.32. The molecule has 1 fully saturated rings. The molecule has 5 aromatic rings. The van der Waals surface area contributed by atoms with Gasteiger partial charge in [0.25, 0.3) is 0 Å². The summed E-state index contributed by atoms with van der Waals surface area (Å²) < 4.78 is 34.4. The minimum absolute atomic E-state index is 0.0334. The zero-order chi connectivity index (χ0) is 29.5. The predicted octanol–water partition coefficient (Wildman–Crippen LogP) is 5.08. The van der Waals surface area contributed by atoms with E-state index in [1.807, 2.05) is 30.5 Å². The Morgan fingerprint density at radius 2 is 2.02 bits per heavy atom. The third-order valence-corrected chi connectivity index (χ3v) is 8.01. The van der Waals surface area contributed by atoms with E-state index < -0.39 is 5.82 Å². The van der Waals surface area contributed by atoms with Gasteiger partial charge in [-0.3, -0.25) is 4.90 Å². The summed E-state index contributed by atoms with van der Waals surface area (Å²) in [6, 6.07) is 15.3. The first-order valence-electron chi connectivity index (χ1n) is 14.0. The number of pyridine rings is 1. The second-order valence-electron chi connectivity index (χ2n) is 10.7. The number of fused-ring (bicyclic) bond motifs is 2. The Morgan fingerprint density at radius 3 is 2.79 bits per heavy atom. The maximum Gasteiger partial charge on any atom is 0.337 e. The van der Waals surface area contributed by atoms with E-state index in [0.29, 0.717) is 54.0 Å². The summed E-state index contributed by atoms with van der Waals surface area (Å²) in [5, 5.41) is 5.13. The SMILES string of the molecule is COC(=O)c1ccc2nc(CN3Cc4cn(-c5cccc(OCc6ccc(Cl)cc6F)n5)nc4C3)n(C[C@@H]3CCO3)c2c1. The summed E-state index contributed by atoms with van der Waals surface area (Å²) in [6.07, 6.45) is 3.11. The summed E-state index contributed by atoms with van der Waals surface area (Å²) in [5.74, 6) is 1.09. The fourth-order valence-electron chi connectivity index (χ4n) is 5.42. The Bertz CT molecular complexity index is 1810. The van der Waals surface area contributed by atoms with Crippen molar-refractivity contribution in [3.63, 3.8) is 0 Å². The molecule has 0 unspecified atom stereocenters. The zero-order valence-corrected chi connectivity index (χ0v) is 24.1. The molecule has 2 aliphatic rings. The van der Waals surface area contributed by atoms with Gasteiger partial charge in [0.05, 0.1) is 48.6 Å². The van der Waals surface area contributed by atoms with E-state index in [4.69, 9.17) is 35.9 Å². The number of nitrogens with zero attached hydrogens (tertiary/aromatic N) is 6. The van der Waals surface area contributed by atoms with Crippen LogP contribution in [0.1, 0.15) is 39.4 Å². The molecule has 5 heterocycles. The molecule has 220 valence electrons. The Morgan fingerprint density at radius 1 is 1.14 bits per heavy atom. The lowest BCUT2D eigenvalue weighted by Gasteiger charge is -2.28. The lowest BCUT2D eigenvalue weighted by molar-refractivity contribution is -0.0592. The van der Waals surface area contributed by atoms with Gasteiger partial charge < -0.3 is 18.8 Å². The third-order valence-electron chi connectivity index (χ3n) is 7.77. The number of esters is 1. The molecule has 2 aliphatic heterocycles. The topological polar surface area (TPSA) is 96.5 Å². The fourth-order valence-corrected chi connectivity index (χ4v) is 5.58. The van der Waals surface area contributed by atoms with Gasteiger partial charge in [-0.15, -0.1) is 0 Å². The summed E-state index contributed by atoms with van der Waals surface area (Å²) >= 11 is 5.84. The molecule has 0 aliphatic carbocycles. The van der Waals surface area contributed by atoms with Crippen molar-refractivity contribution in [1.29, 1.82) is 0 Å². The van der Waals surface area contributed by atoms with Crippen LogP contribution < -0.4 is 4.74 Å². The van der Waals surface area contributed by atoms with Crippen molar-refractivity contribution in [2.75, 3.05) is 13.7 Å². The molecule has 43 heavy (non-hydrogen) atoms. The summed E-state index contributed by atoms with van der Waals surface area (Å²) in [4.78, 5) is 24.0. The number of hydrogen-bond donors (Lipinski definition) is 0. The minimum Gasteiger partial charge on any atom is -0.473 e. The van der Waals surface area contributed by atoms with Crippen molar-refractivity contribution in [2.24, 2.45) is 0 Å². The molecule has 7 rings (SSSR count). The molecule has 0 spiro atoms. The van der Waals surface area contributed by atoms with Crippen molar-refractivity contribution in [3.8, 4) is 11.7 Å². The quantitative estimate of drug-likeness (QED) is 0.216. The molecule has 0 amide bonds. The van der Waals surface area contributed by atoms with Crippen molar-refractivity contribution >= 4 is 28.6 Å². The lowest BCUT2D eigenvalue weighted by Crippen LogP contribution is -2.32. The molecule has 12 heteroatoms. The second kappa shape index (κ2) is 11.4. The van der Waals surface area contributed by atoms with Crippen molar-refractivity contribution in [3.05, 3.63) is 99.8 Å². The minimum atomic E-state index is -0.422. The highest BCUT2D eigenvalue weighted by molar-refractivity contribution is 6.30. The van der Waals surface area contributed by atoms with Crippen molar-refractivity contribution in [2.45, 2.75) is 45.3 Å². The third kappa shape index (κ3) is 5.58. The van der Waals surface area contributed by atoms with Gasteiger partial charge in [0.2, 0.25) is 5.88 Å². The van der Waals surface area contributed by atoms with Crippen LogP contribution in [0.15, 0.2) is 60.8 Å². The first-order chi connectivity index (χ1) is 20.9. The zero-order valence-electron chi connectivity index (χ0n) is 23.4. The van der Waals surface area contributed by atoms with Gasteiger partial charge in [-0.05, 0) is 42.8 Å². The van der Waals surface area contributed by atoms with Crippen LogP contribution in [-0.4, -0.2) is 55.0 Å². The van der Waals surface area contributed by atoms with Crippen LogP contribution in [0.2, 0.25) is 5.02 Å². The maximum atomic E-state index is 14.1. The van der Waals surface area contributed by atoms with E-state index in [0.717, 1.165) is 41.1 Å². The van der Waals surface area contributed by atoms with Crippen LogP contribution in [0.4, 0.5) is 4.39 Å². The van der Waals surface area contributed by atoms with E-state index in [1.54, 1.807) is 28.9 Å². The number of carbonyl (C=O) groups is 1. The first-order valence-corrected chi connectivity index (χ1v) is 14.3. The van der Waals surface area contributed by atoms with E-state index >= 15 is 0 Å². The van der Waals surface area contributed by atoms with Gasteiger partial charge >= 0.3 is 5.97 Å². The largest absolute Gasteiger partial charge is 0.473 e. The molecule has 1 atom stereocenters. The molecule has 0 radical (unpaired) electrons. The molecule has 0 bridgehead atoms. The summed E-state index contributed by atoms with van der Waals surface area (Å²) in [6.45, 7) is 3.46. The smallest absolute Gasteiger partial charge is 0.337 e. The van der Waals surface area contributed by atoms with Crippen LogP contribution in [0.25, 0.3) is 16.9 Å². The number of methoxy groups -OCH3 is 1. The number of ether oxygens (including phenoxy) is 3. The van der Waals surface area contributed by atoms with Gasteiger partial charge in [0, 0.05) is 48.1 Å². The maximum absolute atomic E-state index is 14.1. The lowest BCUT2D eigenvalue weighted by atomic mass is 10.1. The van der Waals surface area contributed by atoms with Crippen molar-refractivity contribution < 1.29 is 23.4 Å². The van der Waals surface area contributed by atoms with E-state index in [-0.39, 0.29) is 18.7 Å². The standard InChI is InChI=1S/C31H28ClFN6O4/c1-41-31(40)19-6-8-25-27(11-19)38(15-23-9-10-42-23)29(34-25)17-37-13-21-14-39(36-26(21)16-37)28-3-2-4-30(35-28)43-18-20-5-7-22(32)12-24(20)33/h2-8,11-12,14,23H,9-10,13,15-18H2,1H3/t23-/m0/s1. The number of carbonyl (C=O) groups excluding carboxylic acids is 1. The van der Waals surface area contributed by atoms with E-state index in [9.17, 15) is 9.18 Å². The highest BCUT2D eigenvalue weighted by Crippen LogP contribution is 2.28. The van der Waals surface area contributed by atoms with Gasteiger partial charge in [0.1, 0.15) is 18.2 Å². The van der Waals surface area contributed by atoms with Crippen LogP contribution in [-0.2, 0) is 42.3 Å². The molecule has 1 saturated heterocycles. The number of imidazole rings is 1. The monoisotopic (exact) mass is 602 g/mol. The second-order valence-corrected chi connectivity index (χ2v) is 11.1. The number of hydrogen-bond acceptors (Lipinski definition) is 8. The Kier molecular flexibility index (Phi) is 7.29. The van der Waals surface area contributed by atoms with Gasteiger partial charge in [-0.2, -0.15) is 10.1 Å². The van der Waals surface area contributed by atoms with Crippen LogP contribution in [0.5, 0.6) is 5.88 Å².